The van der Waals surface area contributed by atoms with Gasteiger partial charge < -0.3 is 9.69 Å². The van der Waals surface area contributed by atoms with E-state index in [0.717, 1.165) is 25.4 Å². The van der Waals surface area contributed by atoms with Crippen LogP contribution in [0.4, 0.5) is 0 Å². The van der Waals surface area contributed by atoms with Crippen LogP contribution in [0.2, 0.25) is 0 Å². The van der Waals surface area contributed by atoms with Gasteiger partial charge in [0.1, 0.15) is 6.29 Å². The summed E-state index contributed by atoms with van der Waals surface area (Å²) in [6, 6.07) is 0.724. The molecule has 0 unspecified atom stereocenters. The number of carbonyl (C=O) groups excluding carboxylic acids is 1. The molecule has 0 spiro atoms. The Bertz CT molecular complexity index is 193. The van der Waals surface area contributed by atoms with E-state index in [-0.39, 0.29) is 5.41 Å². The molecule has 1 aliphatic carbocycles. The van der Waals surface area contributed by atoms with Gasteiger partial charge in [-0.15, -0.1) is 0 Å². The second-order valence-electron chi connectivity index (χ2n) is 5.04. The molecule has 0 aliphatic heterocycles. The van der Waals surface area contributed by atoms with E-state index in [1.54, 1.807) is 0 Å². The van der Waals surface area contributed by atoms with Gasteiger partial charge in [-0.2, -0.15) is 0 Å². The van der Waals surface area contributed by atoms with Crippen LogP contribution in [0, 0.1) is 5.41 Å². The van der Waals surface area contributed by atoms with Crippen molar-refractivity contribution in [3.8, 4) is 0 Å². The van der Waals surface area contributed by atoms with E-state index in [0.29, 0.717) is 0 Å². The molecule has 0 saturated heterocycles. The molecule has 0 heterocycles. The van der Waals surface area contributed by atoms with Crippen LogP contribution in [0.5, 0.6) is 0 Å². The highest BCUT2D eigenvalue weighted by Crippen LogP contribution is 2.29. The molecule has 1 aliphatic rings. The SMILES string of the molecule is CCC(C=O)(CC)CN(C)C1CCCC1. The van der Waals surface area contributed by atoms with Gasteiger partial charge in [-0.1, -0.05) is 26.7 Å². The number of nitrogens with zero attached hydrogens (tertiary/aromatic N) is 1. The summed E-state index contributed by atoms with van der Waals surface area (Å²) >= 11 is 0. The highest BCUT2D eigenvalue weighted by atomic mass is 16.1. The van der Waals surface area contributed by atoms with Gasteiger partial charge in [0, 0.05) is 18.0 Å². The third kappa shape index (κ3) is 3.04. The van der Waals surface area contributed by atoms with Crippen molar-refractivity contribution in [2.75, 3.05) is 13.6 Å². The van der Waals surface area contributed by atoms with Crippen LogP contribution in [-0.2, 0) is 4.79 Å². The lowest BCUT2D eigenvalue weighted by molar-refractivity contribution is -0.117. The summed E-state index contributed by atoms with van der Waals surface area (Å²) in [6.45, 7) is 5.19. The molecule has 1 rings (SSSR count). The molecule has 0 aromatic rings. The number of aldehydes is 1. The summed E-state index contributed by atoms with van der Waals surface area (Å²) in [4.78, 5) is 13.6. The highest BCUT2D eigenvalue weighted by Gasteiger charge is 2.30. The molecule has 2 nitrogen and oxygen atoms in total. The van der Waals surface area contributed by atoms with Crippen LogP contribution in [0.25, 0.3) is 0 Å². The Hall–Kier alpha value is -0.370. The summed E-state index contributed by atoms with van der Waals surface area (Å²) in [5, 5.41) is 0. The normalized spacial score (nSPS) is 18.7. The van der Waals surface area contributed by atoms with E-state index in [1.165, 1.54) is 32.0 Å². The molecule has 0 N–H and O–H groups in total. The van der Waals surface area contributed by atoms with Crippen LogP contribution >= 0.6 is 0 Å². The largest absolute Gasteiger partial charge is 0.303 e. The Morgan fingerprint density at radius 3 is 2.20 bits per heavy atom. The molecule has 2 heteroatoms. The molecule has 0 bridgehead atoms. The van der Waals surface area contributed by atoms with Crippen LogP contribution in [-0.4, -0.2) is 30.8 Å². The molecule has 1 saturated carbocycles. The quantitative estimate of drug-likeness (QED) is 0.630. The summed E-state index contributed by atoms with van der Waals surface area (Å²) < 4.78 is 0. The van der Waals surface area contributed by atoms with Crippen molar-refractivity contribution in [2.24, 2.45) is 5.41 Å². The first-order valence-corrected chi connectivity index (χ1v) is 6.34. The lowest BCUT2D eigenvalue weighted by atomic mass is 9.83. The van der Waals surface area contributed by atoms with Gasteiger partial charge in [0.25, 0.3) is 0 Å². The van der Waals surface area contributed by atoms with Crippen LogP contribution in [0.15, 0.2) is 0 Å². The zero-order valence-electron chi connectivity index (χ0n) is 10.5. The molecular formula is C13H25NO. The lowest BCUT2D eigenvalue weighted by Crippen LogP contribution is -2.40. The van der Waals surface area contributed by atoms with E-state index in [1.807, 2.05) is 0 Å². The maximum Gasteiger partial charge on any atom is 0.127 e. The summed E-state index contributed by atoms with van der Waals surface area (Å²) in [6.07, 6.45) is 8.47. The molecule has 1 fully saturated rings. The van der Waals surface area contributed by atoms with E-state index in [2.05, 4.69) is 25.8 Å². The minimum Gasteiger partial charge on any atom is -0.303 e. The molecule has 88 valence electrons. The van der Waals surface area contributed by atoms with Gasteiger partial charge in [0.05, 0.1) is 0 Å². The minimum atomic E-state index is -0.0999. The smallest absolute Gasteiger partial charge is 0.127 e. The van der Waals surface area contributed by atoms with Crippen molar-refractivity contribution >= 4 is 6.29 Å². The van der Waals surface area contributed by atoms with Crippen LogP contribution < -0.4 is 0 Å². The van der Waals surface area contributed by atoms with Gasteiger partial charge >= 0.3 is 0 Å². The fraction of sp³-hybridized carbons (Fsp3) is 0.923. The molecule has 0 aromatic heterocycles. The summed E-state index contributed by atoms with van der Waals surface area (Å²) in [5.41, 5.74) is -0.0999. The van der Waals surface area contributed by atoms with Crippen molar-refractivity contribution in [1.29, 1.82) is 0 Å². The average molecular weight is 211 g/mol. The zero-order chi connectivity index (χ0) is 11.3. The van der Waals surface area contributed by atoms with Gasteiger partial charge in [-0.05, 0) is 32.7 Å². The fourth-order valence-corrected chi connectivity index (χ4v) is 2.65. The lowest BCUT2D eigenvalue weighted by Gasteiger charge is -2.34. The number of hydrogen-bond acceptors (Lipinski definition) is 2. The molecule has 0 aromatic carbocycles. The number of carbonyl (C=O) groups is 1. The zero-order valence-corrected chi connectivity index (χ0v) is 10.5. The molecular weight excluding hydrogens is 186 g/mol. The van der Waals surface area contributed by atoms with Gasteiger partial charge in [-0.3, -0.25) is 0 Å². The van der Waals surface area contributed by atoms with Gasteiger partial charge in [-0.25, -0.2) is 0 Å². The first-order chi connectivity index (χ1) is 7.17. The van der Waals surface area contributed by atoms with E-state index >= 15 is 0 Å². The summed E-state index contributed by atoms with van der Waals surface area (Å²) in [5.74, 6) is 0. The predicted octanol–water partition coefficient (Wildman–Crippen LogP) is 2.87. The number of rotatable bonds is 6. The third-order valence-corrected chi connectivity index (χ3v) is 4.17. The topological polar surface area (TPSA) is 20.3 Å². The first-order valence-electron chi connectivity index (χ1n) is 6.34. The van der Waals surface area contributed by atoms with Crippen molar-refractivity contribution in [1.82, 2.24) is 4.90 Å². The molecule has 0 radical (unpaired) electrons. The predicted molar refractivity (Wildman–Crippen MR) is 64.0 cm³/mol. The Morgan fingerprint density at radius 1 is 1.27 bits per heavy atom. The first kappa shape index (κ1) is 12.7. The second-order valence-corrected chi connectivity index (χ2v) is 5.04. The Morgan fingerprint density at radius 2 is 1.80 bits per heavy atom. The Balaban J connectivity index is 2.52. The Labute approximate surface area is 94.0 Å². The molecule has 0 amide bonds. The minimum absolute atomic E-state index is 0.0999. The van der Waals surface area contributed by atoms with Gasteiger partial charge in [0.2, 0.25) is 0 Å². The maximum absolute atomic E-state index is 11.2. The maximum atomic E-state index is 11.2. The van der Waals surface area contributed by atoms with Gasteiger partial charge in [0.15, 0.2) is 0 Å². The molecule has 15 heavy (non-hydrogen) atoms. The third-order valence-electron chi connectivity index (χ3n) is 4.17. The van der Waals surface area contributed by atoms with Crippen LogP contribution in [0.3, 0.4) is 0 Å². The number of hydrogen-bond donors (Lipinski definition) is 0. The second kappa shape index (κ2) is 5.64. The highest BCUT2D eigenvalue weighted by molar-refractivity contribution is 5.59. The standard InChI is InChI=1S/C13H25NO/c1-4-13(5-2,11-15)10-14(3)12-8-6-7-9-12/h11-12H,4-10H2,1-3H3. The monoisotopic (exact) mass is 211 g/mol. The summed E-state index contributed by atoms with van der Waals surface area (Å²) in [7, 11) is 2.18. The van der Waals surface area contributed by atoms with Crippen molar-refractivity contribution in [2.45, 2.75) is 58.4 Å². The Kier molecular flexibility index (Phi) is 4.78. The van der Waals surface area contributed by atoms with Crippen molar-refractivity contribution in [3.05, 3.63) is 0 Å². The van der Waals surface area contributed by atoms with E-state index < -0.39 is 0 Å². The fourth-order valence-electron chi connectivity index (χ4n) is 2.65. The van der Waals surface area contributed by atoms with Crippen molar-refractivity contribution in [3.63, 3.8) is 0 Å². The van der Waals surface area contributed by atoms with Crippen LogP contribution in [0.1, 0.15) is 52.4 Å². The average Bonchev–Trinajstić information content (AvgIpc) is 2.79. The van der Waals surface area contributed by atoms with E-state index in [4.69, 9.17) is 0 Å². The van der Waals surface area contributed by atoms with E-state index in [9.17, 15) is 4.79 Å². The van der Waals surface area contributed by atoms with Crippen molar-refractivity contribution < 1.29 is 4.79 Å². The molecule has 0 atom stereocenters.